The van der Waals surface area contributed by atoms with Crippen LogP contribution in [0.1, 0.15) is 34.0 Å². The van der Waals surface area contributed by atoms with Crippen LogP contribution in [0.15, 0.2) is 30.3 Å². The minimum Gasteiger partial charge on any atom is -0.372 e. The molecule has 1 aromatic carbocycles. The molecule has 7 nitrogen and oxygen atoms in total. The third kappa shape index (κ3) is 4.70. The Labute approximate surface area is 179 Å². The van der Waals surface area contributed by atoms with Gasteiger partial charge in [0.05, 0.1) is 16.4 Å². The van der Waals surface area contributed by atoms with Crippen LogP contribution in [-0.2, 0) is 9.53 Å². The second kappa shape index (κ2) is 8.69. The largest absolute Gasteiger partial charge is 0.372 e. The molecule has 2 amide bonds. The predicted octanol–water partition coefficient (Wildman–Crippen LogP) is 3.00. The van der Waals surface area contributed by atoms with Crippen LogP contribution in [0.25, 0.3) is 0 Å². The van der Waals surface area contributed by atoms with Crippen molar-refractivity contribution in [1.29, 1.82) is 5.41 Å². The predicted molar refractivity (Wildman–Crippen MR) is 119 cm³/mol. The molecule has 30 heavy (non-hydrogen) atoms. The molecule has 0 bridgehead atoms. The Morgan fingerprint density at radius 1 is 1.30 bits per heavy atom. The van der Waals surface area contributed by atoms with Crippen LogP contribution in [0.5, 0.6) is 0 Å². The number of nitrogens with zero attached hydrogens (tertiary/aromatic N) is 1. The highest BCUT2D eigenvalue weighted by Crippen LogP contribution is 2.25. The molecule has 0 saturated carbocycles. The molecule has 2 aromatic rings. The van der Waals surface area contributed by atoms with Gasteiger partial charge in [-0.1, -0.05) is 5.92 Å². The Morgan fingerprint density at radius 2 is 2.07 bits per heavy atom. The Balaban J connectivity index is 1.68. The third-order valence-corrected chi connectivity index (χ3v) is 5.75. The van der Waals surface area contributed by atoms with Gasteiger partial charge < -0.3 is 20.3 Å². The molecule has 1 aliphatic rings. The zero-order chi connectivity index (χ0) is 21.9. The number of thiophene rings is 1. The monoisotopic (exact) mass is 424 g/mol. The van der Waals surface area contributed by atoms with E-state index in [0.29, 0.717) is 41.0 Å². The quantitative estimate of drug-likeness (QED) is 0.643. The lowest BCUT2D eigenvalue weighted by atomic mass is 10.0. The van der Waals surface area contributed by atoms with Crippen LogP contribution in [0.2, 0.25) is 0 Å². The SMILES string of the molecule is C#Cc1ccc(C(=O)NC(C)(C)C(=O)Nc2ccc(N3CCOCC3=N)c(C)c2)s1. The topological polar surface area (TPSA) is 94.5 Å². The number of anilines is 2. The number of aryl methyl sites for hydroxylation is 1. The molecule has 0 radical (unpaired) electrons. The maximum Gasteiger partial charge on any atom is 0.262 e. The van der Waals surface area contributed by atoms with Gasteiger partial charge in [-0.05, 0) is 56.7 Å². The van der Waals surface area contributed by atoms with Gasteiger partial charge in [0.25, 0.3) is 5.91 Å². The number of hydrogen-bond donors (Lipinski definition) is 3. The van der Waals surface area contributed by atoms with E-state index < -0.39 is 5.54 Å². The minimum atomic E-state index is -1.13. The van der Waals surface area contributed by atoms with Gasteiger partial charge in [0, 0.05) is 17.9 Å². The molecule has 0 unspecified atom stereocenters. The number of rotatable bonds is 5. The van der Waals surface area contributed by atoms with Crippen LogP contribution >= 0.6 is 11.3 Å². The first kappa shape index (κ1) is 21.6. The number of carbonyl (C=O) groups is 2. The molecule has 1 saturated heterocycles. The molecule has 0 spiro atoms. The van der Waals surface area contributed by atoms with Crippen molar-refractivity contribution in [3.63, 3.8) is 0 Å². The number of hydrogen-bond acceptors (Lipinski definition) is 5. The van der Waals surface area contributed by atoms with Crippen molar-refractivity contribution in [1.82, 2.24) is 5.32 Å². The summed E-state index contributed by atoms with van der Waals surface area (Å²) >= 11 is 1.20. The fourth-order valence-electron chi connectivity index (χ4n) is 3.07. The molecule has 1 fully saturated rings. The molecular formula is C22H24N4O3S. The van der Waals surface area contributed by atoms with Crippen molar-refractivity contribution < 1.29 is 14.3 Å². The summed E-state index contributed by atoms with van der Waals surface area (Å²) in [5.74, 6) is 2.22. The van der Waals surface area contributed by atoms with Crippen LogP contribution in [0.4, 0.5) is 11.4 Å². The maximum absolute atomic E-state index is 12.8. The normalized spacial score (nSPS) is 14.2. The van der Waals surface area contributed by atoms with E-state index in [1.807, 2.05) is 24.0 Å². The summed E-state index contributed by atoms with van der Waals surface area (Å²) in [5, 5.41) is 13.7. The highest BCUT2D eigenvalue weighted by molar-refractivity contribution is 7.14. The van der Waals surface area contributed by atoms with Crippen LogP contribution in [0, 0.1) is 24.7 Å². The lowest BCUT2D eigenvalue weighted by Crippen LogP contribution is -2.52. The first-order chi connectivity index (χ1) is 14.2. The number of benzene rings is 1. The van der Waals surface area contributed by atoms with Gasteiger partial charge in [0.15, 0.2) is 0 Å². The van der Waals surface area contributed by atoms with Crippen molar-refractivity contribution in [2.45, 2.75) is 26.3 Å². The van der Waals surface area contributed by atoms with E-state index in [4.69, 9.17) is 16.6 Å². The van der Waals surface area contributed by atoms with E-state index in [1.165, 1.54) is 11.3 Å². The molecular weight excluding hydrogens is 400 g/mol. The van der Waals surface area contributed by atoms with Gasteiger partial charge in [-0.15, -0.1) is 17.8 Å². The first-order valence-corrected chi connectivity index (χ1v) is 10.3. The zero-order valence-electron chi connectivity index (χ0n) is 17.2. The number of nitrogens with one attached hydrogen (secondary N) is 3. The zero-order valence-corrected chi connectivity index (χ0v) is 18.0. The summed E-state index contributed by atoms with van der Waals surface area (Å²) in [6.07, 6.45) is 5.35. The highest BCUT2D eigenvalue weighted by atomic mass is 32.1. The number of ether oxygens (including phenoxy) is 1. The van der Waals surface area contributed by atoms with Crippen LogP contribution in [0.3, 0.4) is 0 Å². The van der Waals surface area contributed by atoms with Gasteiger partial charge in [0.2, 0.25) is 5.91 Å². The van der Waals surface area contributed by atoms with Crippen molar-refractivity contribution in [3.8, 4) is 12.3 Å². The second-order valence-electron chi connectivity index (χ2n) is 7.49. The summed E-state index contributed by atoms with van der Waals surface area (Å²) in [4.78, 5) is 28.3. The number of amides is 2. The summed E-state index contributed by atoms with van der Waals surface area (Å²) < 4.78 is 5.29. The Hall–Kier alpha value is -3.15. The molecule has 0 aliphatic carbocycles. The number of morpholine rings is 1. The minimum absolute atomic E-state index is 0.291. The highest BCUT2D eigenvalue weighted by Gasteiger charge is 2.30. The number of carbonyl (C=O) groups excluding carboxylic acids is 2. The summed E-state index contributed by atoms with van der Waals surface area (Å²) in [7, 11) is 0. The Kier molecular flexibility index (Phi) is 6.25. The number of terminal acetylenes is 1. The van der Waals surface area contributed by atoms with Gasteiger partial charge in [0.1, 0.15) is 18.0 Å². The molecule has 8 heteroatoms. The summed E-state index contributed by atoms with van der Waals surface area (Å²) in [6.45, 7) is 6.70. The van der Waals surface area contributed by atoms with Crippen molar-refractivity contribution >= 4 is 40.4 Å². The molecule has 3 N–H and O–H groups in total. The standard InChI is InChI=1S/C22H24N4O3S/c1-5-16-7-9-18(30-16)20(27)25-22(3,4)21(28)24-15-6-8-17(14(2)12-15)26-10-11-29-13-19(26)23/h1,6-9,12,23H,10-11,13H2,2-4H3,(H,24,28)(H,25,27). The van der Waals surface area contributed by atoms with E-state index in [1.54, 1.807) is 32.0 Å². The van der Waals surface area contributed by atoms with Gasteiger partial charge >= 0.3 is 0 Å². The van der Waals surface area contributed by atoms with E-state index in [2.05, 4.69) is 16.6 Å². The second-order valence-corrected chi connectivity index (χ2v) is 8.58. The summed E-state index contributed by atoms with van der Waals surface area (Å²) in [6, 6.07) is 8.87. The molecule has 1 aromatic heterocycles. The fraction of sp³-hybridized carbons (Fsp3) is 0.318. The third-order valence-electron chi connectivity index (χ3n) is 4.74. The number of amidine groups is 1. The first-order valence-electron chi connectivity index (χ1n) is 9.45. The van der Waals surface area contributed by atoms with Gasteiger partial charge in [-0.3, -0.25) is 15.0 Å². The average Bonchev–Trinajstić information content (AvgIpc) is 3.18. The fourth-order valence-corrected chi connectivity index (χ4v) is 3.78. The Bertz CT molecular complexity index is 1040. The maximum atomic E-state index is 12.8. The molecule has 1 aliphatic heterocycles. The van der Waals surface area contributed by atoms with Crippen LogP contribution < -0.4 is 15.5 Å². The van der Waals surface area contributed by atoms with Crippen molar-refractivity contribution in [2.24, 2.45) is 0 Å². The van der Waals surface area contributed by atoms with E-state index in [-0.39, 0.29) is 11.8 Å². The molecule has 3 rings (SSSR count). The van der Waals surface area contributed by atoms with Gasteiger partial charge in [-0.2, -0.15) is 0 Å². The van der Waals surface area contributed by atoms with Crippen molar-refractivity contribution in [3.05, 3.63) is 45.6 Å². The van der Waals surface area contributed by atoms with Crippen molar-refractivity contribution in [2.75, 3.05) is 30.0 Å². The lowest BCUT2D eigenvalue weighted by molar-refractivity contribution is -0.120. The Morgan fingerprint density at radius 3 is 2.70 bits per heavy atom. The lowest BCUT2D eigenvalue weighted by Gasteiger charge is -2.31. The molecule has 2 heterocycles. The smallest absolute Gasteiger partial charge is 0.262 e. The molecule has 156 valence electrons. The van der Waals surface area contributed by atoms with E-state index >= 15 is 0 Å². The van der Waals surface area contributed by atoms with Crippen LogP contribution in [-0.4, -0.2) is 42.9 Å². The van der Waals surface area contributed by atoms with E-state index in [9.17, 15) is 9.59 Å². The summed E-state index contributed by atoms with van der Waals surface area (Å²) in [5.41, 5.74) is 1.34. The van der Waals surface area contributed by atoms with E-state index in [0.717, 1.165) is 11.3 Å². The molecule has 0 atom stereocenters. The van der Waals surface area contributed by atoms with Gasteiger partial charge in [-0.25, -0.2) is 0 Å². The average molecular weight is 425 g/mol.